The van der Waals surface area contributed by atoms with Gasteiger partial charge in [0.1, 0.15) is 0 Å². The van der Waals surface area contributed by atoms with Crippen molar-refractivity contribution in [2.24, 2.45) is 0 Å². The zero-order chi connectivity index (χ0) is 30.7. The minimum absolute atomic E-state index is 0.0372. The van der Waals surface area contributed by atoms with Crippen molar-refractivity contribution in [1.29, 1.82) is 0 Å². The van der Waals surface area contributed by atoms with Gasteiger partial charge in [-0.2, -0.15) is 0 Å². The van der Waals surface area contributed by atoms with Gasteiger partial charge in [-0.1, -0.05) is 136 Å². The van der Waals surface area contributed by atoms with E-state index in [9.17, 15) is 0 Å². The highest BCUT2D eigenvalue weighted by molar-refractivity contribution is 6.10. The van der Waals surface area contributed by atoms with Gasteiger partial charge in [-0.05, 0) is 92.9 Å². The molecule has 0 unspecified atom stereocenters. The molecule has 216 valence electrons. The van der Waals surface area contributed by atoms with Crippen LogP contribution >= 0.6 is 0 Å². The molecule has 0 bridgehead atoms. The van der Waals surface area contributed by atoms with E-state index in [0.29, 0.717) is 0 Å². The van der Waals surface area contributed by atoms with E-state index >= 15 is 0 Å². The molecule has 0 amide bonds. The maximum Gasteiger partial charge on any atom is 0.0547 e. The molecular weight excluding hydrogens is 542 g/mol. The topological polar surface area (TPSA) is 4.93 Å². The van der Waals surface area contributed by atoms with Crippen LogP contribution in [0.15, 0.2) is 152 Å². The summed E-state index contributed by atoms with van der Waals surface area (Å²) in [4.78, 5) is 0. The SMILES string of the molecule is C=C/C=C(\C)c1cccc(-n2c3ccccc3c3ccc(-c4ccccc4-c4ccc5c(c4)C(C)(C)c4ccccc4-5)cc32)c1. The minimum atomic E-state index is -0.0372. The van der Waals surface area contributed by atoms with Crippen LogP contribution in [0.4, 0.5) is 0 Å². The Morgan fingerprint density at radius 2 is 1.22 bits per heavy atom. The fraction of sp³-hybridized carbons (Fsp3) is 0.0909. The van der Waals surface area contributed by atoms with E-state index in [0.717, 1.165) is 5.69 Å². The second kappa shape index (κ2) is 10.4. The molecule has 0 aliphatic heterocycles. The highest BCUT2D eigenvalue weighted by Gasteiger charge is 2.35. The van der Waals surface area contributed by atoms with Crippen molar-refractivity contribution in [1.82, 2.24) is 4.57 Å². The van der Waals surface area contributed by atoms with Crippen molar-refractivity contribution >= 4 is 27.4 Å². The van der Waals surface area contributed by atoms with Gasteiger partial charge in [-0.25, -0.2) is 0 Å². The Morgan fingerprint density at radius 1 is 0.578 bits per heavy atom. The molecule has 1 aliphatic carbocycles. The molecule has 0 saturated heterocycles. The maximum atomic E-state index is 3.90. The Kier molecular flexibility index (Phi) is 6.25. The molecule has 1 heterocycles. The third kappa shape index (κ3) is 4.23. The van der Waals surface area contributed by atoms with E-state index in [1.54, 1.807) is 0 Å². The lowest BCUT2D eigenvalue weighted by molar-refractivity contribution is 0.660. The van der Waals surface area contributed by atoms with E-state index in [-0.39, 0.29) is 5.41 Å². The number of rotatable bonds is 5. The lowest BCUT2D eigenvalue weighted by Crippen LogP contribution is -2.14. The third-order valence-corrected chi connectivity index (χ3v) is 9.73. The number of para-hydroxylation sites is 1. The lowest BCUT2D eigenvalue weighted by atomic mass is 9.81. The molecule has 1 aromatic heterocycles. The number of hydrogen-bond acceptors (Lipinski definition) is 0. The lowest BCUT2D eigenvalue weighted by Gasteiger charge is -2.22. The predicted molar refractivity (Wildman–Crippen MR) is 193 cm³/mol. The summed E-state index contributed by atoms with van der Waals surface area (Å²) in [6, 6.07) is 49.3. The molecule has 0 spiro atoms. The molecule has 0 N–H and O–H groups in total. The third-order valence-electron chi connectivity index (χ3n) is 9.73. The van der Waals surface area contributed by atoms with Crippen molar-refractivity contribution in [3.63, 3.8) is 0 Å². The summed E-state index contributed by atoms with van der Waals surface area (Å²) in [5.41, 5.74) is 16.4. The second-order valence-corrected chi connectivity index (χ2v) is 12.7. The predicted octanol–water partition coefficient (Wildman–Crippen LogP) is 12.0. The number of nitrogens with zero attached hydrogens (tertiary/aromatic N) is 1. The van der Waals surface area contributed by atoms with Gasteiger partial charge in [0.25, 0.3) is 0 Å². The molecule has 0 saturated carbocycles. The van der Waals surface area contributed by atoms with Gasteiger partial charge in [-0.3, -0.25) is 0 Å². The van der Waals surface area contributed by atoms with Crippen LogP contribution in [0.25, 0.3) is 66.4 Å². The van der Waals surface area contributed by atoms with Gasteiger partial charge in [0, 0.05) is 21.9 Å². The number of fused-ring (bicyclic) bond motifs is 6. The Hall–Kier alpha value is -5.40. The zero-order valence-corrected chi connectivity index (χ0v) is 26.0. The minimum Gasteiger partial charge on any atom is -0.309 e. The number of allylic oxidation sites excluding steroid dienone is 3. The molecule has 1 aliphatic rings. The van der Waals surface area contributed by atoms with Crippen molar-refractivity contribution < 1.29 is 0 Å². The first-order chi connectivity index (χ1) is 22.0. The molecule has 1 nitrogen and oxygen atoms in total. The Labute approximate surface area is 265 Å². The van der Waals surface area contributed by atoms with Crippen LogP contribution in [0.1, 0.15) is 37.5 Å². The highest BCUT2D eigenvalue weighted by atomic mass is 15.0. The molecule has 0 atom stereocenters. The van der Waals surface area contributed by atoms with Crippen LogP contribution in [0.5, 0.6) is 0 Å². The van der Waals surface area contributed by atoms with Crippen LogP contribution in [0.3, 0.4) is 0 Å². The molecule has 0 fully saturated rings. The summed E-state index contributed by atoms with van der Waals surface area (Å²) >= 11 is 0. The molecule has 6 aromatic carbocycles. The smallest absolute Gasteiger partial charge is 0.0547 e. The summed E-state index contributed by atoms with van der Waals surface area (Å²) in [5, 5.41) is 2.52. The first kappa shape index (κ1) is 27.2. The average Bonchev–Trinajstić information content (AvgIpc) is 3.53. The molecular formula is C44H35N. The van der Waals surface area contributed by atoms with Gasteiger partial charge in [0.15, 0.2) is 0 Å². The van der Waals surface area contributed by atoms with Crippen molar-refractivity contribution in [3.8, 4) is 39.1 Å². The Morgan fingerprint density at radius 3 is 2.02 bits per heavy atom. The zero-order valence-electron chi connectivity index (χ0n) is 26.0. The van der Waals surface area contributed by atoms with Crippen molar-refractivity contribution in [3.05, 3.63) is 169 Å². The van der Waals surface area contributed by atoms with Gasteiger partial charge >= 0.3 is 0 Å². The molecule has 45 heavy (non-hydrogen) atoms. The molecule has 1 heteroatoms. The molecule has 8 rings (SSSR count). The van der Waals surface area contributed by atoms with E-state index < -0.39 is 0 Å². The van der Waals surface area contributed by atoms with E-state index in [2.05, 4.69) is 171 Å². The first-order valence-electron chi connectivity index (χ1n) is 15.7. The van der Waals surface area contributed by atoms with Gasteiger partial charge in [0.05, 0.1) is 11.0 Å². The number of hydrogen-bond donors (Lipinski definition) is 0. The second-order valence-electron chi connectivity index (χ2n) is 12.7. The summed E-state index contributed by atoms with van der Waals surface area (Å²) in [7, 11) is 0. The van der Waals surface area contributed by atoms with E-state index in [1.807, 2.05) is 6.08 Å². The largest absolute Gasteiger partial charge is 0.309 e. The fourth-order valence-corrected chi connectivity index (χ4v) is 7.44. The van der Waals surface area contributed by atoms with E-state index in [1.165, 1.54) is 77.5 Å². The van der Waals surface area contributed by atoms with Gasteiger partial charge in [-0.15, -0.1) is 0 Å². The van der Waals surface area contributed by atoms with E-state index in [4.69, 9.17) is 0 Å². The first-order valence-corrected chi connectivity index (χ1v) is 15.7. The normalized spacial score (nSPS) is 13.6. The quantitative estimate of drug-likeness (QED) is 0.179. The van der Waals surface area contributed by atoms with Crippen LogP contribution in [0, 0.1) is 0 Å². The van der Waals surface area contributed by atoms with Gasteiger partial charge < -0.3 is 4.57 Å². The average molecular weight is 578 g/mol. The number of benzene rings is 6. The van der Waals surface area contributed by atoms with Crippen LogP contribution in [-0.4, -0.2) is 4.57 Å². The Balaban J connectivity index is 1.31. The summed E-state index contributed by atoms with van der Waals surface area (Å²) in [5.74, 6) is 0. The fourth-order valence-electron chi connectivity index (χ4n) is 7.44. The van der Waals surface area contributed by atoms with Crippen LogP contribution in [0.2, 0.25) is 0 Å². The summed E-state index contributed by atoms with van der Waals surface area (Å²) < 4.78 is 2.41. The van der Waals surface area contributed by atoms with Crippen LogP contribution < -0.4 is 0 Å². The van der Waals surface area contributed by atoms with Crippen molar-refractivity contribution in [2.45, 2.75) is 26.2 Å². The highest BCUT2D eigenvalue weighted by Crippen LogP contribution is 2.50. The van der Waals surface area contributed by atoms with Crippen LogP contribution in [-0.2, 0) is 5.41 Å². The summed E-state index contributed by atoms with van der Waals surface area (Å²) in [6.45, 7) is 10.7. The monoisotopic (exact) mass is 577 g/mol. The maximum absolute atomic E-state index is 3.90. The Bertz CT molecular complexity index is 2320. The van der Waals surface area contributed by atoms with Gasteiger partial charge in [0.2, 0.25) is 0 Å². The standard InChI is InChI=1S/C44H35N/c1-5-13-29(2)30-14-12-15-33(26-30)45-42-21-11-9-19-38(42)39-25-23-32(28-43(39)45)35-17-7-6-16-34(35)31-22-24-37-36-18-8-10-20-40(36)44(3,4)41(37)27-31/h5-28H,1H2,2-4H3/b29-13+. The molecule has 0 radical (unpaired) electrons. The number of aromatic nitrogens is 1. The van der Waals surface area contributed by atoms with Crippen molar-refractivity contribution in [2.75, 3.05) is 0 Å². The molecule has 7 aromatic rings. The summed E-state index contributed by atoms with van der Waals surface area (Å²) in [6.07, 6.45) is 3.92.